The van der Waals surface area contributed by atoms with Crippen molar-refractivity contribution >= 4 is 5.69 Å². The summed E-state index contributed by atoms with van der Waals surface area (Å²) in [6.45, 7) is 0. The van der Waals surface area contributed by atoms with Crippen molar-refractivity contribution in [1.29, 1.82) is 0 Å². The second-order valence-electron chi connectivity index (χ2n) is 3.38. The minimum atomic E-state index is 0.293. The highest BCUT2D eigenvalue weighted by Gasteiger charge is 2.15. The van der Waals surface area contributed by atoms with Crippen molar-refractivity contribution in [3.8, 4) is 0 Å². The molecule has 1 aromatic rings. The average molecular weight is 163 g/mol. The number of nitrogens with zero attached hydrogens (tertiary/aromatic N) is 1. The van der Waals surface area contributed by atoms with E-state index in [1.54, 1.807) is 6.20 Å². The van der Waals surface area contributed by atoms with E-state index >= 15 is 0 Å². The van der Waals surface area contributed by atoms with E-state index in [9.17, 15) is 0 Å². The lowest BCUT2D eigenvalue weighted by Crippen LogP contribution is -2.28. The Morgan fingerprint density at radius 1 is 1.50 bits per heavy atom. The summed E-state index contributed by atoms with van der Waals surface area (Å²) in [6.07, 6.45) is 4.68. The molecule has 0 amide bonds. The summed E-state index contributed by atoms with van der Waals surface area (Å²) in [7, 11) is 0. The zero-order chi connectivity index (χ0) is 8.55. The largest absolute Gasteiger partial charge is 0.397 e. The molecule has 12 heavy (non-hydrogen) atoms. The topological polar surface area (TPSA) is 64.9 Å². The number of nitrogen functional groups attached to an aromatic ring is 1. The van der Waals surface area contributed by atoms with Gasteiger partial charge >= 0.3 is 0 Å². The molecular weight excluding hydrogens is 150 g/mol. The highest BCUT2D eigenvalue weighted by Crippen LogP contribution is 2.19. The number of hydrogen-bond acceptors (Lipinski definition) is 3. The van der Waals surface area contributed by atoms with Gasteiger partial charge in [-0.05, 0) is 30.9 Å². The van der Waals surface area contributed by atoms with Gasteiger partial charge in [-0.2, -0.15) is 0 Å². The second kappa shape index (κ2) is 2.75. The number of fused-ring (bicyclic) bond motifs is 1. The quantitative estimate of drug-likeness (QED) is 0.584. The van der Waals surface area contributed by atoms with Crippen LogP contribution in [0.5, 0.6) is 0 Å². The summed E-state index contributed by atoms with van der Waals surface area (Å²) < 4.78 is 0. The first-order chi connectivity index (χ1) is 5.75. The lowest BCUT2D eigenvalue weighted by Gasteiger charge is -2.20. The van der Waals surface area contributed by atoms with Crippen LogP contribution in [0.25, 0.3) is 0 Å². The standard InChI is InChI=1S/C9H13N3/c10-7-1-2-9-6(3-7)4-8(11)5-12-9/h4-5,7H,1-3,10-11H2. The van der Waals surface area contributed by atoms with Crippen LogP contribution >= 0.6 is 0 Å². The minimum absolute atomic E-state index is 0.293. The summed E-state index contributed by atoms with van der Waals surface area (Å²) in [6, 6.07) is 2.28. The molecule has 0 bridgehead atoms. The fourth-order valence-corrected chi connectivity index (χ4v) is 1.67. The monoisotopic (exact) mass is 163 g/mol. The van der Waals surface area contributed by atoms with E-state index in [1.165, 1.54) is 11.3 Å². The van der Waals surface area contributed by atoms with Gasteiger partial charge in [-0.15, -0.1) is 0 Å². The third kappa shape index (κ3) is 1.28. The maximum atomic E-state index is 5.83. The number of aromatic nitrogens is 1. The number of aryl methyl sites for hydroxylation is 1. The van der Waals surface area contributed by atoms with Crippen molar-refractivity contribution in [2.75, 3.05) is 5.73 Å². The van der Waals surface area contributed by atoms with E-state index in [-0.39, 0.29) is 0 Å². The van der Waals surface area contributed by atoms with Crippen molar-refractivity contribution in [1.82, 2.24) is 4.98 Å². The minimum Gasteiger partial charge on any atom is -0.397 e. The van der Waals surface area contributed by atoms with Gasteiger partial charge in [-0.3, -0.25) is 4.98 Å². The van der Waals surface area contributed by atoms with Gasteiger partial charge < -0.3 is 11.5 Å². The molecule has 4 N–H and O–H groups in total. The molecule has 1 heterocycles. The van der Waals surface area contributed by atoms with Crippen LogP contribution in [0.4, 0.5) is 5.69 Å². The zero-order valence-corrected chi connectivity index (χ0v) is 6.96. The van der Waals surface area contributed by atoms with Gasteiger partial charge in [-0.25, -0.2) is 0 Å². The van der Waals surface area contributed by atoms with Gasteiger partial charge in [0.2, 0.25) is 0 Å². The van der Waals surface area contributed by atoms with Gasteiger partial charge in [0.25, 0.3) is 0 Å². The van der Waals surface area contributed by atoms with Crippen LogP contribution in [0.2, 0.25) is 0 Å². The highest BCUT2D eigenvalue weighted by atomic mass is 14.7. The summed E-state index contributed by atoms with van der Waals surface area (Å²) in [4.78, 5) is 4.27. The first-order valence-electron chi connectivity index (χ1n) is 4.24. The molecule has 64 valence electrons. The number of pyridine rings is 1. The molecule has 1 aliphatic carbocycles. The molecule has 1 atom stereocenters. The number of nitrogens with two attached hydrogens (primary N) is 2. The molecule has 0 spiro atoms. The fraction of sp³-hybridized carbons (Fsp3) is 0.444. The Balaban J connectivity index is 2.37. The SMILES string of the molecule is Nc1cnc2c(c1)CC(N)CC2. The molecule has 2 rings (SSSR count). The smallest absolute Gasteiger partial charge is 0.0503 e. The van der Waals surface area contributed by atoms with Gasteiger partial charge in [0.15, 0.2) is 0 Å². The molecule has 3 nitrogen and oxygen atoms in total. The van der Waals surface area contributed by atoms with Crippen LogP contribution < -0.4 is 11.5 Å². The normalized spacial score (nSPS) is 21.9. The second-order valence-corrected chi connectivity index (χ2v) is 3.38. The van der Waals surface area contributed by atoms with Crippen LogP contribution in [0, 0.1) is 0 Å². The molecule has 0 saturated heterocycles. The maximum absolute atomic E-state index is 5.83. The van der Waals surface area contributed by atoms with E-state index in [0.29, 0.717) is 6.04 Å². The summed E-state index contributed by atoms with van der Waals surface area (Å²) in [5.74, 6) is 0. The molecule has 1 unspecified atom stereocenters. The predicted molar refractivity (Wildman–Crippen MR) is 48.6 cm³/mol. The molecule has 1 aliphatic rings. The van der Waals surface area contributed by atoms with E-state index in [1.807, 2.05) is 6.07 Å². The lowest BCUT2D eigenvalue weighted by molar-refractivity contribution is 0.567. The van der Waals surface area contributed by atoms with Crippen LogP contribution in [0.15, 0.2) is 12.3 Å². The average Bonchev–Trinajstić information content (AvgIpc) is 2.03. The Hall–Kier alpha value is -1.09. The van der Waals surface area contributed by atoms with Gasteiger partial charge in [0.05, 0.1) is 11.9 Å². The van der Waals surface area contributed by atoms with Crippen LogP contribution in [0.1, 0.15) is 17.7 Å². The van der Waals surface area contributed by atoms with Crippen molar-refractivity contribution in [2.24, 2.45) is 5.73 Å². The molecule has 0 aromatic carbocycles. The molecule has 1 aromatic heterocycles. The molecule has 0 radical (unpaired) electrons. The van der Waals surface area contributed by atoms with Crippen molar-refractivity contribution in [3.05, 3.63) is 23.5 Å². The van der Waals surface area contributed by atoms with E-state index in [4.69, 9.17) is 11.5 Å². The van der Waals surface area contributed by atoms with Gasteiger partial charge in [0.1, 0.15) is 0 Å². The lowest BCUT2D eigenvalue weighted by atomic mass is 9.92. The Labute approximate surface area is 71.8 Å². The molecule has 3 heteroatoms. The van der Waals surface area contributed by atoms with E-state index in [0.717, 1.165) is 24.9 Å². The van der Waals surface area contributed by atoms with Crippen LogP contribution in [-0.2, 0) is 12.8 Å². The Kier molecular flexibility index (Phi) is 1.73. The van der Waals surface area contributed by atoms with Crippen LogP contribution in [-0.4, -0.2) is 11.0 Å². The Bertz CT molecular complexity index is 296. The third-order valence-corrected chi connectivity index (χ3v) is 2.32. The Morgan fingerprint density at radius 3 is 3.17 bits per heavy atom. The first kappa shape index (κ1) is 7.55. The van der Waals surface area contributed by atoms with Gasteiger partial charge in [0, 0.05) is 11.7 Å². The molecule has 0 saturated carbocycles. The van der Waals surface area contributed by atoms with Crippen molar-refractivity contribution in [3.63, 3.8) is 0 Å². The first-order valence-corrected chi connectivity index (χ1v) is 4.24. The summed E-state index contributed by atoms with van der Waals surface area (Å²) in [5.41, 5.74) is 14.6. The van der Waals surface area contributed by atoms with E-state index in [2.05, 4.69) is 4.98 Å². The molecule has 0 fully saturated rings. The number of hydrogen-bond donors (Lipinski definition) is 2. The number of anilines is 1. The highest BCUT2D eigenvalue weighted by molar-refractivity contribution is 5.41. The maximum Gasteiger partial charge on any atom is 0.0503 e. The summed E-state index contributed by atoms with van der Waals surface area (Å²) in [5, 5.41) is 0. The molecule has 0 aliphatic heterocycles. The summed E-state index contributed by atoms with van der Waals surface area (Å²) >= 11 is 0. The predicted octanol–water partition coefficient (Wildman–Crippen LogP) is 0.480. The zero-order valence-electron chi connectivity index (χ0n) is 6.96. The third-order valence-electron chi connectivity index (χ3n) is 2.32. The van der Waals surface area contributed by atoms with Crippen molar-refractivity contribution in [2.45, 2.75) is 25.3 Å². The molecular formula is C9H13N3. The van der Waals surface area contributed by atoms with Crippen LogP contribution in [0.3, 0.4) is 0 Å². The number of rotatable bonds is 0. The fourth-order valence-electron chi connectivity index (χ4n) is 1.67. The van der Waals surface area contributed by atoms with Gasteiger partial charge in [-0.1, -0.05) is 0 Å². The van der Waals surface area contributed by atoms with E-state index < -0.39 is 0 Å². The Morgan fingerprint density at radius 2 is 2.33 bits per heavy atom. The van der Waals surface area contributed by atoms with Crippen molar-refractivity contribution < 1.29 is 0 Å².